The number of benzene rings is 1. The molecule has 2 heterocycles. The van der Waals surface area contributed by atoms with Gasteiger partial charge in [0.15, 0.2) is 0 Å². The number of methoxy groups -OCH3 is 1. The van der Waals surface area contributed by atoms with Crippen molar-refractivity contribution in [3.8, 4) is 5.75 Å². The standard InChI is InChI=1S/C15H18N2O/c1-18-12-6-8-13-11(10-12)5-7-15(17-13)14-4-2-3-9-16-14/h5-8,10,14,16H,2-4,9H2,1H3. The lowest BCUT2D eigenvalue weighted by molar-refractivity contribution is 0.406. The molecule has 1 saturated heterocycles. The van der Waals surface area contributed by atoms with Crippen molar-refractivity contribution in [2.75, 3.05) is 13.7 Å². The summed E-state index contributed by atoms with van der Waals surface area (Å²) >= 11 is 0. The van der Waals surface area contributed by atoms with Crippen LogP contribution in [0.15, 0.2) is 30.3 Å². The van der Waals surface area contributed by atoms with E-state index in [1.54, 1.807) is 7.11 Å². The van der Waals surface area contributed by atoms with E-state index in [-0.39, 0.29) is 0 Å². The first-order valence-corrected chi connectivity index (χ1v) is 6.55. The van der Waals surface area contributed by atoms with Gasteiger partial charge in [0.1, 0.15) is 5.75 Å². The van der Waals surface area contributed by atoms with Gasteiger partial charge in [-0.1, -0.05) is 12.5 Å². The quantitative estimate of drug-likeness (QED) is 0.878. The summed E-state index contributed by atoms with van der Waals surface area (Å²) in [5.74, 6) is 0.882. The number of ether oxygens (including phenoxy) is 1. The van der Waals surface area contributed by atoms with Crippen LogP contribution in [0.5, 0.6) is 5.75 Å². The highest BCUT2D eigenvalue weighted by atomic mass is 16.5. The lowest BCUT2D eigenvalue weighted by Crippen LogP contribution is -2.27. The molecule has 3 nitrogen and oxygen atoms in total. The first kappa shape index (κ1) is 11.5. The van der Waals surface area contributed by atoms with Crippen molar-refractivity contribution < 1.29 is 4.74 Å². The van der Waals surface area contributed by atoms with Gasteiger partial charge in [0.25, 0.3) is 0 Å². The van der Waals surface area contributed by atoms with E-state index in [0.29, 0.717) is 6.04 Å². The van der Waals surface area contributed by atoms with Crippen LogP contribution in [0.25, 0.3) is 10.9 Å². The molecule has 0 spiro atoms. The van der Waals surface area contributed by atoms with Gasteiger partial charge in [-0.05, 0) is 43.7 Å². The van der Waals surface area contributed by atoms with Crippen LogP contribution in [0.1, 0.15) is 31.0 Å². The van der Waals surface area contributed by atoms with Gasteiger partial charge in [-0.2, -0.15) is 0 Å². The van der Waals surface area contributed by atoms with Crippen molar-refractivity contribution in [1.82, 2.24) is 10.3 Å². The van der Waals surface area contributed by atoms with E-state index in [1.807, 2.05) is 18.2 Å². The third-order valence-corrected chi connectivity index (χ3v) is 3.59. The lowest BCUT2D eigenvalue weighted by atomic mass is 10.0. The Morgan fingerprint density at radius 3 is 2.94 bits per heavy atom. The Labute approximate surface area is 107 Å². The normalized spacial score (nSPS) is 19.9. The Morgan fingerprint density at radius 1 is 1.22 bits per heavy atom. The smallest absolute Gasteiger partial charge is 0.119 e. The Morgan fingerprint density at radius 2 is 2.17 bits per heavy atom. The van der Waals surface area contributed by atoms with Crippen LogP contribution in [0.3, 0.4) is 0 Å². The number of nitrogens with one attached hydrogen (secondary N) is 1. The predicted molar refractivity (Wildman–Crippen MR) is 72.9 cm³/mol. The van der Waals surface area contributed by atoms with E-state index in [4.69, 9.17) is 9.72 Å². The molecule has 3 rings (SSSR count). The Kier molecular flexibility index (Phi) is 3.15. The Hall–Kier alpha value is -1.61. The molecule has 0 aliphatic carbocycles. The highest BCUT2D eigenvalue weighted by molar-refractivity contribution is 5.80. The average molecular weight is 242 g/mol. The van der Waals surface area contributed by atoms with Crippen LogP contribution in [-0.2, 0) is 0 Å². The molecule has 1 fully saturated rings. The van der Waals surface area contributed by atoms with E-state index >= 15 is 0 Å². The molecule has 0 bridgehead atoms. The fourth-order valence-electron chi connectivity index (χ4n) is 2.54. The molecule has 1 N–H and O–H groups in total. The van der Waals surface area contributed by atoms with Crippen LogP contribution in [0.4, 0.5) is 0 Å². The molecular formula is C15H18N2O. The molecule has 1 atom stereocenters. The zero-order valence-electron chi connectivity index (χ0n) is 10.6. The fraction of sp³-hybridized carbons (Fsp3) is 0.400. The number of aromatic nitrogens is 1. The van der Waals surface area contributed by atoms with Crippen LogP contribution < -0.4 is 10.1 Å². The minimum absolute atomic E-state index is 0.422. The number of nitrogens with zero attached hydrogens (tertiary/aromatic N) is 1. The Balaban J connectivity index is 1.95. The van der Waals surface area contributed by atoms with E-state index in [1.165, 1.54) is 19.3 Å². The van der Waals surface area contributed by atoms with Gasteiger partial charge in [0.05, 0.1) is 18.3 Å². The second-order valence-corrected chi connectivity index (χ2v) is 4.80. The first-order chi connectivity index (χ1) is 8.86. The zero-order chi connectivity index (χ0) is 12.4. The minimum atomic E-state index is 0.422. The molecule has 1 aromatic heterocycles. The summed E-state index contributed by atoms with van der Waals surface area (Å²) in [5, 5.41) is 4.67. The predicted octanol–water partition coefficient (Wildman–Crippen LogP) is 3.06. The van der Waals surface area contributed by atoms with Crippen molar-refractivity contribution in [2.24, 2.45) is 0 Å². The monoisotopic (exact) mass is 242 g/mol. The fourth-order valence-corrected chi connectivity index (χ4v) is 2.54. The lowest BCUT2D eigenvalue weighted by Gasteiger charge is -2.23. The number of rotatable bonds is 2. The summed E-state index contributed by atoms with van der Waals surface area (Å²) in [5.41, 5.74) is 2.20. The van der Waals surface area contributed by atoms with E-state index in [0.717, 1.165) is 28.9 Å². The highest BCUT2D eigenvalue weighted by Gasteiger charge is 2.15. The maximum Gasteiger partial charge on any atom is 0.119 e. The third-order valence-electron chi connectivity index (χ3n) is 3.59. The van der Waals surface area contributed by atoms with Crippen LogP contribution in [0, 0.1) is 0 Å². The first-order valence-electron chi connectivity index (χ1n) is 6.55. The van der Waals surface area contributed by atoms with E-state index < -0.39 is 0 Å². The van der Waals surface area contributed by atoms with Crippen molar-refractivity contribution in [3.63, 3.8) is 0 Å². The SMILES string of the molecule is COc1ccc2nc(C3CCCCN3)ccc2c1. The third kappa shape index (κ3) is 2.18. The topological polar surface area (TPSA) is 34.1 Å². The van der Waals surface area contributed by atoms with E-state index in [9.17, 15) is 0 Å². The van der Waals surface area contributed by atoms with Crippen molar-refractivity contribution in [1.29, 1.82) is 0 Å². The maximum absolute atomic E-state index is 5.23. The molecule has 94 valence electrons. The second kappa shape index (κ2) is 4.94. The molecule has 3 heteroatoms. The van der Waals surface area contributed by atoms with Crippen LogP contribution in [-0.4, -0.2) is 18.6 Å². The number of piperidine rings is 1. The number of fused-ring (bicyclic) bond motifs is 1. The van der Waals surface area contributed by atoms with Crippen LogP contribution >= 0.6 is 0 Å². The number of pyridine rings is 1. The summed E-state index contributed by atoms with van der Waals surface area (Å²) in [6, 6.07) is 10.7. The number of hydrogen-bond donors (Lipinski definition) is 1. The van der Waals surface area contributed by atoms with Gasteiger partial charge in [0, 0.05) is 11.4 Å². The molecule has 2 aromatic rings. The van der Waals surface area contributed by atoms with Crippen molar-refractivity contribution in [3.05, 3.63) is 36.0 Å². The van der Waals surface area contributed by atoms with Crippen molar-refractivity contribution in [2.45, 2.75) is 25.3 Å². The summed E-state index contributed by atoms with van der Waals surface area (Å²) in [6.07, 6.45) is 3.76. The minimum Gasteiger partial charge on any atom is -0.497 e. The summed E-state index contributed by atoms with van der Waals surface area (Å²) in [4.78, 5) is 4.76. The van der Waals surface area contributed by atoms with Crippen molar-refractivity contribution >= 4 is 10.9 Å². The molecular weight excluding hydrogens is 224 g/mol. The highest BCUT2D eigenvalue weighted by Crippen LogP contribution is 2.25. The van der Waals surface area contributed by atoms with Crippen LogP contribution in [0.2, 0.25) is 0 Å². The van der Waals surface area contributed by atoms with Gasteiger partial charge in [-0.3, -0.25) is 4.98 Å². The van der Waals surface area contributed by atoms with Gasteiger partial charge < -0.3 is 10.1 Å². The molecule has 1 unspecified atom stereocenters. The average Bonchev–Trinajstić information content (AvgIpc) is 2.47. The molecule has 1 aromatic carbocycles. The number of hydrogen-bond acceptors (Lipinski definition) is 3. The molecule has 1 aliphatic rings. The molecule has 0 saturated carbocycles. The Bertz CT molecular complexity index is 547. The van der Waals surface area contributed by atoms with Gasteiger partial charge in [-0.15, -0.1) is 0 Å². The van der Waals surface area contributed by atoms with Gasteiger partial charge >= 0.3 is 0 Å². The molecule has 1 aliphatic heterocycles. The van der Waals surface area contributed by atoms with Gasteiger partial charge in [0.2, 0.25) is 0 Å². The maximum atomic E-state index is 5.23. The van der Waals surface area contributed by atoms with E-state index in [2.05, 4.69) is 17.4 Å². The molecule has 18 heavy (non-hydrogen) atoms. The summed E-state index contributed by atoms with van der Waals surface area (Å²) in [6.45, 7) is 1.10. The summed E-state index contributed by atoms with van der Waals surface area (Å²) in [7, 11) is 1.69. The second-order valence-electron chi connectivity index (χ2n) is 4.80. The molecule has 0 radical (unpaired) electrons. The van der Waals surface area contributed by atoms with Gasteiger partial charge in [-0.25, -0.2) is 0 Å². The largest absolute Gasteiger partial charge is 0.497 e. The zero-order valence-corrected chi connectivity index (χ0v) is 10.6. The summed E-state index contributed by atoms with van der Waals surface area (Å²) < 4.78 is 5.23. The molecule has 0 amide bonds.